The van der Waals surface area contributed by atoms with Crippen molar-refractivity contribution in [2.75, 3.05) is 32.7 Å². The standard InChI is InChI=1S/C34H57N5O6/c1-9-12-18-24(28(40)30(42)35-19-20-38(10-2)11-3)36-29(41)27-25-23(34(25,7)8)21-39(27)31(43)26(22-16-14-13-15-17-22)37-32(44)45-33(4,5)6/h9,22-27H,1,10-21H2,2-8H3,(H,35,42)(H,36,41)(H,37,44)/t23-,24?,25-,26?,27-/m0/s1. The SMILES string of the molecule is C=CCCC(NC(=O)[C@@H]1[C@@H]2[C@H](CN1C(=O)C(NC(=O)OC(C)(C)C)C1CCCCC1)C2(C)C)C(=O)C(=O)NCCN(CC)CC. The molecule has 0 bridgehead atoms. The fraction of sp³-hybridized carbons (Fsp3) is 0.794. The molecule has 4 amide bonds. The summed E-state index contributed by atoms with van der Waals surface area (Å²) in [5, 5.41) is 8.41. The van der Waals surface area contributed by atoms with Gasteiger partial charge in [-0.25, -0.2) is 4.79 Å². The zero-order valence-electron chi connectivity index (χ0n) is 28.6. The largest absolute Gasteiger partial charge is 0.444 e. The van der Waals surface area contributed by atoms with Crippen LogP contribution in [0.4, 0.5) is 4.79 Å². The van der Waals surface area contributed by atoms with Crippen LogP contribution in [0.2, 0.25) is 0 Å². The van der Waals surface area contributed by atoms with Crippen molar-refractivity contribution in [1.29, 1.82) is 0 Å². The fourth-order valence-electron chi connectivity index (χ4n) is 7.20. The molecule has 45 heavy (non-hydrogen) atoms. The highest BCUT2D eigenvalue weighted by Gasteiger charge is 2.69. The lowest BCUT2D eigenvalue weighted by molar-refractivity contribution is -0.145. The Morgan fingerprint density at radius 3 is 2.27 bits per heavy atom. The monoisotopic (exact) mass is 631 g/mol. The third kappa shape index (κ3) is 9.30. The van der Waals surface area contributed by atoms with E-state index < -0.39 is 47.4 Å². The Morgan fingerprint density at radius 1 is 1.04 bits per heavy atom. The molecule has 1 saturated heterocycles. The van der Waals surface area contributed by atoms with Crippen molar-refractivity contribution in [1.82, 2.24) is 25.8 Å². The lowest BCUT2D eigenvalue weighted by Gasteiger charge is -2.37. The molecule has 11 nitrogen and oxygen atoms in total. The smallest absolute Gasteiger partial charge is 0.408 e. The summed E-state index contributed by atoms with van der Waals surface area (Å²) >= 11 is 0. The van der Waals surface area contributed by atoms with E-state index in [1.54, 1.807) is 31.7 Å². The lowest BCUT2D eigenvalue weighted by Crippen LogP contribution is -2.60. The Kier molecular flexibility index (Phi) is 12.6. The van der Waals surface area contributed by atoms with Gasteiger partial charge in [-0.15, -0.1) is 6.58 Å². The van der Waals surface area contributed by atoms with Crippen LogP contribution in [0.25, 0.3) is 0 Å². The first-order valence-electron chi connectivity index (χ1n) is 16.9. The molecular formula is C34H57N5O6. The Balaban J connectivity index is 1.79. The minimum Gasteiger partial charge on any atom is -0.444 e. The summed E-state index contributed by atoms with van der Waals surface area (Å²) in [6.07, 6.45) is 6.27. The number of piperidine rings is 1. The molecule has 3 fully saturated rings. The number of rotatable bonds is 15. The first-order valence-corrected chi connectivity index (χ1v) is 16.9. The predicted octanol–water partition coefficient (Wildman–Crippen LogP) is 3.42. The average molecular weight is 632 g/mol. The minimum atomic E-state index is -1.05. The number of hydrogen-bond donors (Lipinski definition) is 3. The van der Waals surface area contributed by atoms with Gasteiger partial charge in [0.15, 0.2) is 0 Å². The zero-order valence-corrected chi connectivity index (χ0v) is 28.6. The predicted molar refractivity (Wildman–Crippen MR) is 173 cm³/mol. The molecule has 3 N–H and O–H groups in total. The molecule has 0 spiro atoms. The van der Waals surface area contributed by atoms with Gasteiger partial charge in [-0.3, -0.25) is 19.2 Å². The quantitative estimate of drug-likeness (QED) is 0.186. The molecule has 5 atom stereocenters. The summed E-state index contributed by atoms with van der Waals surface area (Å²) in [6, 6.07) is -2.67. The Labute approximate surface area is 269 Å². The summed E-state index contributed by atoms with van der Waals surface area (Å²) < 4.78 is 5.52. The topological polar surface area (TPSA) is 137 Å². The number of amides is 4. The molecule has 2 unspecified atom stereocenters. The maximum Gasteiger partial charge on any atom is 0.408 e. The zero-order chi connectivity index (χ0) is 33.5. The highest BCUT2D eigenvalue weighted by Crippen LogP contribution is 2.65. The van der Waals surface area contributed by atoms with Crippen molar-refractivity contribution in [3.05, 3.63) is 12.7 Å². The first-order chi connectivity index (χ1) is 21.2. The van der Waals surface area contributed by atoms with Gasteiger partial charge in [0.2, 0.25) is 17.6 Å². The molecule has 254 valence electrons. The number of alkyl carbamates (subject to hydrolysis) is 1. The molecule has 2 saturated carbocycles. The van der Waals surface area contributed by atoms with Gasteiger partial charge in [0, 0.05) is 19.6 Å². The molecule has 0 aromatic rings. The number of ketones is 1. The van der Waals surface area contributed by atoms with E-state index in [0.717, 1.165) is 45.2 Å². The number of fused-ring (bicyclic) bond motifs is 1. The third-order valence-electron chi connectivity index (χ3n) is 9.94. The van der Waals surface area contributed by atoms with Crippen LogP contribution in [0.1, 0.15) is 93.4 Å². The highest BCUT2D eigenvalue weighted by molar-refractivity contribution is 6.38. The second kappa shape index (κ2) is 15.6. The molecule has 2 aliphatic carbocycles. The van der Waals surface area contributed by atoms with E-state index in [9.17, 15) is 24.0 Å². The summed E-state index contributed by atoms with van der Waals surface area (Å²) in [5.41, 5.74) is -0.878. The van der Waals surface area contributed by atoms with Crippen LogP contribution in [-0.2, 0) is 23.9 Å². The van der Waals surface area contributed by atoms with E-state index in [2.05, 4.69) is 41.3 Å². The second-order valence-electron chi connectivity index (χ2n) is 14.5. The number of likely N-dealkylation sites (N-methyl/N-ethyl adjacent to an activating group) is 1. The molecule has 3 aliphatic rings. The maximum absolute atomic E-state index is 14.3. The Bertz CT molecular complexity index is 1090. The molecule has 1 heterocycles. The van der Waals surface area contributed by atoms with Crippen LogP contribution in [-0.4, -0.2) is 95.8 Å². The van der Waals surface area contributed by atoms with Gasteiger partial charge < -0.3 is 30.5 Å². The number of nitrogens with one attached hydrogen (secondary N) is 3. The number of ether oxygens (including phenoxy) is 1. The van der Waals surface area contributed by atoms with Gasteiger partial charge in [-0.05, 0) is 82.7 Å². The number of Topliss-reactive ketones (excluding diaryl/α,β-unsaturated/α-hetero) is 1. The number of hydrogen-bond acceptors (Lipinski definition) is 7. The molecule has 1 aliphatic heterocycles. The molecule has 0 aromatic carbocycles. The molecular weight excluding hydrogens is 574 g/mol. The van der Waals surface area contributed by atoms with Crippen molar-refractivity contribution in [3.8, 4) is 0 Å². The van der Waals surface area contributed by atoms with Gasteiger partial charge in [0.1, 0.15) is 17.7 Å². The summed E-state index contributed by atoms with van der Waals surface area (Å²) in [6.45, 7) is 20.3. The van der Waals surface area contributed by atoms with Gasteiger partial charge >= 0.3 is 6.09 Å². The van der Waals surface area contributed by atoms with E-state index in [-0.39, 0.29) is 35.5 Å². The van der Waals surface area contributed by atoms with E-state index >= 15 is 0 Å². The van der Waals surface area contributed by atoms with E-state index in [1.807, 2.05) is 13.8 Å². The van der Waals surface area contributed by atoms with Crippen LogP contribution in [0, 0.1) is 23.2 Å². The maximum atomic E-state index is 14.3. The van der Waals surface area contributed by atoms with Crippen molar-refractivity contribution in [3.63, 3.8) is 0 Å². The highest BCUT2D eigenvalue weighted by atomic mass is 16.6. The third-order valence-corrected chi connectivity index (χ3v) is 9.94. The first kappa shape index (κ1) is 36.5. The number of allylic oxidation sites excluding steroid dienone is 1. The number of carbonyl (C=O) groups is 5. The van der Waals surface area contributed by atoms with Gasteiger partial charge in [0.05, 0.1) is 6.04 Å². The van der Waals surface area contributed by atoms with Gasteiger partial charge in [0.25, 0.3) is 5.91 Å². The molecule has 0 aromatic heterocycles. The normalized spacial score (nSPS) is 23.8. The van der Waals surface area contributed by atoms with Crippen LogP contribution < -0.4 is 16.0 Å². The van der Waals surface area contributed by atoms with E-state index in [0.29, 0.717) is 26.1 Å². The number of carbonyl (C=O) groups excluding carboxylic acids is 5. The van der Waals surface area contributed by atoms with E-state index in [1.165, 1.54) is 0 Å². The van der Waals surface area contributed by atoms with Gasteiger partial charge in [-0.1, -0.05) is 53.0 Å². The molecule has 11 heteroatoms. The van der Waals surface area contributed by atoms with Crippen LogP contribution >= 0.6 is 0 Å². The summed E-state index contributed by atoms with van der Waals surface area (Å²) in [4.78, 5) is 71.1. The summed E-state index contributed by atoms with van der Waals surface area (Å²) in [5.74, 6) is -2.21. The van der Waals surface area contributed by atoms with Gasteiger partial charge in [-0.2, -0.15) is 0 Å². The van der Waals surface area contributed by atoms with E-state index in [4.69, 9.17) is 4.74 Å². The van der Waals surface area contributed by atoms with Crippen LogP contribution in [0.15, 0.2) is 12.7 Å². The molecule has 3 rings (SSSR count). The average Bonchev–Trinajstić information content (AvgIpc) is 3.29. The molecule has 0 radical (unpaired) electrons. The number of nitrogens with zero attached hydrogens (tertiary/aromatic N) is 2. The summed E-state index contributed by atoms with van der Waals surface area (Å²) in [7, 11) is 0. The van der Waals surface area contributed by atoms with Crippen molar-refractivity contribution < 1.29 is 28.7 Å². The van der Waals surface area contributed by atoms with Crippen molar-refractivity contribution in [2.24, 2.45) is 23.2 Å². The Hall–Kier alpha value is -2.95. The minimum absolute atomic E-state index is 0.0608. The van der Waals surface area contributed by atoms with Crippen LogP contribution in [0.5, 0.6) is 0 Å². The van der Waals surface area contributed by atoms with Crippen molar-refractivity contribution in [2.45, 2.75) is 117 Å². The fourth-order valence-corrected chi connectivity index (χ4v) is 7.20. The lowest BCUT2D eigenvalue weighted by atomic mass is 9.83. The van der Waals surface area contributed by atoms with Crippen molar-refractivity contribution >= 4 is 29.6 Å². The second-order valence-corrected chi connectivity index (χ2v) is 14.5. The van der Waals surface area contributed by atoms with Crippen LogP contribution in [0.3, 0.4) is 0 Å². The number of likely N-dealkylation sites (tertiary alicyclic amines) is 1. The Morgan fingerprint density at radius 2 is 1.69 bits per heavy atom.